The summed E-state index contributed by atoms with van der Waals surface area (Å²) < 4.78 is 4.96. The third-order valence-electron chi connectivity index (χ3n) is 4.69. The number of benzene rings is 1. The summed E-state index contributed by atoms with van der Waals surface area (Å²) in [6.45, 7) is 8.78. The molecule has 1 aromatic carbocycles. The summed E-state index contributed by atoms with van der Waals surface area (Å²) in [6, 6.07) is 9.32. The Hall–Kier alpha value is -2.63. The molecule has 6 heteroatoms. The van der Waals surface area contributed by atoms with Crippen molar-refractivity contribution in [2.45, 2.75) is 46.0 Å². The molecule has 0 spiro atoms. The van der Waals surface area contributed by atoms with Crippen molar-refractivity contribution in [1.82, 2.24) is 10.1 Å². The average Bonchev–Trinajstić information content (AvgIpc) is 3.33. The predicted molar refractivity (Wildman–Crippen MR) is 104 cm³/mol. The Labute approximate surface area is 159 Å². The number of nitrogens with one attached hydrogen (secondary N) is 1. The van der Waals surface area contributed by atoms with E-state index in [-0.39, 0.29) is 23.8 Å². The zero-order chi connectivity index (χ0) is 19.6. The van der Waals surface area contributed by atoms with Crippen molar-refractivity contribution < 1.29 is 14.1 Å². The van der Waals surface area contributed by atoms with Crippen LogP contribution in [-0.4, -0.2) is 35.0 Å². The van der Waals surface area contributed by atoms with Gasteiger partial charge in [0, 0.05) is 18.2 Å². The lowest BCUT2D eigenvalue weighted by molar-refractivity contribution is -0.117. The topological polar surface area (TPSA) is 75.4 Å². The molecule has 144 valence electrons. The van der Waals surface area contributed by atoms with Gasteiger partial charge in [0.15, 0.2) is 5.82 Å². The van der Waals surface area contributed by atoms with Crippen LogP contribution in [0.5, 0.6) is 0 Å². The molecule has 0 unspecified atom stereocenters. The Balaban J connectivity index is 1.69. The van der Waals surface area contributed by atoms with Crippen LogP contribution in [0.2, 0.25) is 0 Å². The summed E-state index contributed by atoms with van der Waals surface area (Å²) >= 11 is 0. The standard InChI is InChI=1S/C21H27N3O3/c1-14-11-18(23-27-14)22-19(25)13-24(12-15-5-6-15)20(26)16-7-9-17(10-8-16)21(2,3)4/h7-11,15H,5-6,12-13H2,1-4H3,(H,22,23,25). The number of amides is 2. The van der Waals surface area contributed by atoms with E-state index in [0.29, 0.717) is 29.6 Å². The van der Waals surface area contributed by atoms with Gasteiger partial charge < -0.3 is 14.7 Å². The summed E-state index contributed by atoms with van der Waals surface area (Å²) in [6.07, 6.45) is 2.22. The van der Waals surface area contributed by atoms with Crippen molar-refractivity contribution in [1.29, 1.82) is 0 Å². The van der Waals surface area contributed by atoms with E-state index in [1.54, 1.807) is 17.9 Å². The quantitative estimate of drug-likeness (QED) is 0.841. The zero-order valence-corrected chi connectivity index (χ0v) is 16.4. The lowest BCUT2D eigenvalue weighted by Gasteiger charge is -2.23. The number of nitrogens with zero attached hydrogens (tertiary/aromatic N) is 2. The molecule has 0 bridgehead atoms. The minimum absolute atomic E-state index is 0.00225. The molecule has 0 aliphatic heterocycles. The fraction of sp³-hybridized carbons (Fsp3) is 0.476. The zero-order valence-electron chi connectivity index (χ0n) is 16.4. The summed E-state index contributed by atoms with van der Waals surface area (Å²) in [5.74, 6) is 1.09. The van der Waals surface area contributed by atoms with E-state index in [0.717, 1.165) is 12.8 Å². The fourth-order valence-corrected chi connectivity index (χ4v) is 2.91. The Morgan fingerprint density at radius 1 is 1.22 bits per heavy atom. The molecule has 27 heavy (non-hydrogen) atoms. The lowest BCUT2D eigenvalue weighted by atomic mass is 9.86. The normalized spacial score (nSPS) is 14.1. The van der Waals surface area contributed by atoms with Gasteiger partial charge in [-0.05, 0) is 48.8 Å². The van der Waals surface area contributed by atoms with Crippen LogP contribution >= 0.6 is 0 Å². The highest BCUT2D eigenvalue weighted by Crippen LogP contribution is 2.30. The van der Waals surface area contributed by atoms with Gasteiger partial charge in [0.05, 0.1) is 0 Å². The second-order valence-electron chi connectivity index (χ2n) is 8.33. The van der Waals surface area contributed by atoms with Crippen LogP contribution in [0.4, 0.5) is 5.82 Å². The van der Waals surface area contributed by atoms with Crippen LogP contribution in [0.3, 0.4) is 0 Å². The molecule has 1 aliphatic carbocycles. The predicted octanol–water partition coefficient (Wildman–Crippen LogP) is 3.77. The number of anilines is 1. The van der Waals surface area contributed by atoms with Gasteiger partial charge in [-0.2, -0.15) is 0 Å². The molecule has 1 N–H and O–H groups in total. The molecule has 6 nitrogen and oxygen atoms in total. The van der Waals surface area contributed by atoms with Gasteiger partial charge in [-0.3, -0.25) is 9.59 Å². The van der Waals surface area contributed by atoms with Crippen LogP contribution in [0.15, 0.2) is 34.9 Å². The summed E-state index contributed by atoms with van der Waals surface area (Å²) in [4.78, 5) is 27.0. The molecule has 3 rings (SSSR count). The molecule has 0 atom stereocenters. The first-order valence-corrected chi connectivity index (χ1v) is 9.35. The minimum atomic E-state index is -0.274. The second kappa shape index (κ2) is 7.55. The van der Waals surface area contributed by atoms with Gasteiger partial charge in [-0.25, -0.2) is 0 Å². The first-order valence-electron chi connectivity index (χ1n) is 9.35. The first kappa shape index (κ1) is 19.1. The maximum Gasteiger partial charge on any atom is 0.254 e. The molecular formula is C21H27N3O3. The van der Waals surface area contributed by atoms with E-state index in [1.807, 2.05) is 24.3 Å². The SMILES string of the molecule is Cc1cc(NC(=O)CN(CC2CC2)C(=O)c2ccc(C(C)(C)C)cc2)no1. The second-order valence-corrected chi connectivity index (χ2v) is 8.33. The molecule has 2 amide bonds. The largest absolute Gasteiger partial charge is 0.360 e. The fourth-order valence-electron chi connectivity index (χ4n) is 2.91. The smallest absolute Gasteiger partial charge is 0.254 e. The van der Waals surface area contributed by atoms with Crippen molar-refractivity contribution in [2.75, 3.05) is 18.4 Å². The van der Waals surface area contributed by atoms with Crippen molar-refractivity contribution in [3.8, 4) is 0 Å². The van der Waals surface area contributed by atoms with Crippen LogP contribution in [-0.2, 0) is 10.2 Å². The minimum Gasteiger partial charge on any atom is -0.360 e. The van der Waals surface area contributed by atoms with Crippen LogP contribution in [0.25, 0.3) is 0 Å². The number of aryl methyl sites for hydroxylation is 1. The molecule has 0 radical (unpaired) electrons. The molecule has 1 saturated carbocycles. The van der Waals surface area contributed by atoms with E-state index in [4.69, 9.17) is 4.52 Å². The first-order chi connectivity index (χ1) is 12.7. The van der Waals surface area contributed by atoms with E-state index in [9.17, 15) is 9.59 Å². The monoisotopic (exact) mass is 369 g/mol. The third-order valence-corrected chi connectivity index (χ3v) is 4.69. The molecule has 2 aromatic rings. The lowest BCUT2D eigenvalue weighted by Crippen LogP contribution is -2.39. The van der Waals surface area contributed by atoms with Crippen LogP contribution < -0.4 is 5.32 Å². The van der Waals surface area contributed by atoms with E-state index in [2.05, 4.69) is 31.2 Å². The van der Waals surface area contributed by atoms with E-state index in [1.165, 1.54) is 5.56 Å². The third kappa shape index (κ3) is 5.18. The summed E-state index contributed by atoms with van der Waals surface area (Å²) in [5, 5.41) is 6.45. The number of carbonyl (C=O) groups excluding carboxylic acids is 2. The van der Waals surface area contributed by atoms with Gasteiger partial charge in [0.2, 0.25) is 5.91 Å². The van der Waals surface area contributed by atoms with Crippen LogP contribution in [0, 0.1) is 12.8 Å². The highest BCUT2D eigenvalue weighted by molar-refractivity contribution is 5.99. The average molecular weight is 369 g/mol. The van der Waals surface area contributed by atoms with Gasteiger partial charge in [-0.1, -0.05) is 38.1 Å². The van der Waals surface area contributed by atoms with Crippen molar-refractivity contribution in [3.05, 3.63) is 47.2 Å². The molecule has 1 aromatic heterocycles. The summed E-state index contributed by atoms with van der Waals surface area (Å²) in [7, 11) is 0. The summed E-state index contributed by atoms with van der Waals surface area (Å²) in [5.41, 5.74) is 1.81. The number of hydrogen-bond acceptors (Lipinski definition) is 4. The highest BCUT2D eigenvalue weighted by Gasteiger charge is 2.29. The molecular weight excluding hydrogens is 342 g/mol. The molecule has 1 fully saturated rings. The Kier molecular flexibility index (Phi) is 5.35. The number of rotatable bonds is 6. The highest BCUT2D eigenvalue weighted by atomic mass is 16.5. The molecule has 0 saturated heterocycles. The van der Waals surface area contributed by atoms with E-state index < -0.39 is 0 Å². The number of carbonyl (C=O) groups is 2. The number of aromatic nitrogens is 1. The van der Waals surface area contributed by atoms with E-state index >= 15 is 0 Å². The van der Waals surface area contributed by atoms with Gasteiger partial charge in [-0.15, -0.1) is 0 Å². The van der Waals surface area contributed by atoms with Gasteiger partial charge >= 0.3 is 0 Å². The number of hydrogen-bond donors (Lipinski definition) is 1. The Morgan fingerprint density at radius 2 is 1.89 bits per heavy atom. The van der Waals surface area contributed by atoms with Gasteiger partial charge in [0.1, 0.15) is 12.3 Å². The van der Waals surface area contributed by atoms with Crippen molar-refractivity contribution >= 4 is 17.6 Å². The molecule has 1 aliphatic rings. The van der Waals surface area contributed by atoms with Gasteiger partial charge in [0.25, 0.3) is 5.91 Å². The van der Waals surface area contributed by atoms with Crippen LogP contribution in [0.1, 0.15) is 55.3 Å². The Morgan fingerprint density at radius 3 is 2.41 bits per heavy atom. The van der Waals surface area contributed by atoms with Crippen molar-refractivity contribution in [2.24, 2.45) is 5.92 Å². The molecule has 1 heterocycles. The maximum absolute atomic E-state index is 13.0. The Bertz CT molecular complexity index is 814. The van der Waals surface area contributed by atoms with Crippen molar-refractivity contribution in [3.63, 3.8) is 0 Å². The maximum atomic E-state index is 13.0.